The highest BCUT2D eigenvalue weighted by molar-refractivity contribution is 7.89. The molecule has 1 saturated heterocycles. The molecule has 1 amide bonds. The molecule has 2 aromatic heterocycles. The standard InChI is InChI=1S/C18H23ClN4O5S.C2H2O4/c19-17-13-16(28-21-17)4-5-18(24)22(14-15-3-1-2-6-20-15)9-12-29(25,26)23-7-10-27-11-8-23;3-1(4)2(5)6/h1-3,6,13H,4-5,7-12,14H2;(H,3,4)(H,5,6). The Bertz CT molecular complexity index is 1080. The van der Waals surface area contributed by atoms with E-state index >= 15 is 0 Å². The van der Waals surface area contributed by atoms with Gasteiger partial charge in [0.2, 0.25) is 15.9 Å². The van der Waals surface area contributed by atoms with Crippen LogP contribution in [0.4, 0.5) is 0 Å². The summed E-state index contributed by atoms with van der Waals surface area (Å²) in [6, 6.07) is 6.96. The van der Waals surface area contributed by atoms with E-state index < -0.39 is 22.0 Å². The average Bonchev–Trinajstić information content (AvgIpc) is 3.26. The number of sulfonamides is 1. The molecule has 0 radical (unpaired) electrons. The molecule has 0 saturated carbocycles. The van der Waals surface area contributed by atoms with Gasteiger partial charge in [0.25, 0.3) is 0 Å². The molecule has 0 bridgehead atoms. The van der Waals surface area contributed by atoms with Crippen molar-refractivity contribution in [1.82, 2.24) is 19.3 Å². The molecule has 3 rings (SSSR count). The second kappa shape index (κ2) is 13.7. The molecule has 1 aliphatic heterocycles. The molecule has 0 unspecified atom stereocenters. The summed E-state index contributed by atoms with van der Waals surface area (Å²) in [6.07, 6.45) is 2.11. The highest BCUT2D eigenvalue weighted by atomic mass is 35.5. The van der Waals surface area contributed by atoms with Gasteiger partial charge in [-0.05, 0) is 12.1 Å². The normalized spacial score (nSPS) is 14.0. The van der Waals surface area contributed by atoms with Gasteiger partial charge in [0.05, 0.1) is 31.2 Å². The number of ether oxygens (including phenoxy) is 1. The number of carboxylic acid groups (broad SMARTS) is 2. The van der Waals surface area contributed by atoms with Crippen LogP contribution in [-0.4, -0.2) is 94.4 Å². The number of carbonyl (C=O) groups is 3. The summed E-state index contributed by atoms with van der Waals surface area (Å²) in [5.41, 5.74) is 0.687. The Hall–Kier alpha value is -3.07. The second-order valence-corrected chi connectivity index (χ2v) is 9.67. The van der Waals surface area contributed by atoms with Gasteiger partial charge in [-0.15, -0.1) is 0 Å². The predicted octanol–water partition coefficient (Wildman–Crippen LogP) is 0.502. The quantitative estimate of drug-likeness (QED) is 0.429. The average molecular weight is 533 g/mol. The monoisotopic (exact) mass is 532 g/mol. The van der Waals surface area contributed by atoms with Gasteiger partial charge < -0.3 is 24.4 Å². The minimum Gasteiger partial charge on any atom is -0.473 e. The minimum absolute atomic E-state index is 0.0757. The molecule has 192 valence electrons. The van der Waals surface area contributed by atoms with Crippen LogP contribution in [0.3, 0.4) is 0 Å². The minimum atomic E-state index is -3.47. The first-order valence-corrected chi connectivity index (χ1v) is 12.4. The van der Waals surface area contributed by atoms with E-state index in [0.29, 0.717) is 44.2 Å². The fourth-order valence-corrected chi connectivity index (χ4v) is 4.52. The Labute approximate surface area is 206 Å². The zero-order chi connectivity index (χ0) is 25.8. The topological polar surface area (TPSA) is 180 Å². The Balaban J connectivity index is 0.000000641. The lowest BCUT2D eigenvalue weighted by Crippen LogP contribution is -2.44. The maximum atomic E-state index is 12.8. The van der Waals surface area contributed by atoms with Crippen LogP contribution in [0.5, 0.6) is 0 Å². The number of aliphatic carboxylic acids is 2. The SMILES string of the molecule is O=C(CCc1cc(Cl)no1)N(CCS(=O)(=O)N1CCOCC1)Cc1ccccn1.O=C(O)C(=O)O. The molecule has 0 atom stereocenters. The van der Waals surface area contributed by atoms with Crippen molar-refractivity contribution in [3.05, 3.63) is 47.1 Å². The zero-order valence-electron chi connectivity index (χ0n) is 18.6. The first-order valence-electron chi connectivity index (χ1n) is 10.4. The lowest BCUT2D eigenvalue weighted by molar-refractivity contribution is -0.159. The maximum Gasteiger partial charge on any atom is 0.414 e. The third-order valence-electron chi connectivity index (χ3n) is 4.71. The number of hydrogen-bond donors (Lipinski definition) is 2. The number of morpholine rings is 1. The van der Waals surface area contributed by atoms with Crippen LogP contribution in [0.15, 0.2) is 35.0 Å². The van der Waals surface area contributed by atoms with Crippen molar-refractivity contribution < 1.29 is 42.3 Å². The molecule has 2 aromatic rings. The van der Waals surface area contributed by atoms with Crippen LogP contribution in [0, 0.1) is 0 Å². The highest BCUT2D eigenvalue weighted by Crippen LogP contribution is 2.13. The van der Waals surface area contributed by atoms with Crippen LogP contribution in [-0.2, 0) is 42.1 Å². The molecule has 15 heteroatoms. The van der Waals surface area contributed by atoms with Crippen molar-refractivity contribution in [2.24, 2.45) is 0 Å². The van der Waals surface area contributed by atoms with Crippen LogP contribution in [0.2, 0.25) is 5.15 Å². The smallest absolute Gasteiger partial charge is 0.414 e. The van der Waals surface area contributed by atoms with E-state index in [0.717, 1.165) is 0 Å². The third-order valence-corrected chi connectivity index (χ3v) is 6.74. The fourth-order valence-electron chi connectivity index (χ4n) is 2.95. The van der Waals surface area contributed by atoms with E-state index in [4.69, 9.17) is 40.7 Å². The molecule has 0 aliphatic carbocycles. The van der Waals surface area contributed by atoms with E-state index in [2.05, 4.69) is 10.1 Å². The van der Waals surface area contributed by atoms with E-state index in [1.165, 1.54) is 9.21 Å². The summed E-state index contributed by atoms with van der Waals surface area (Å²) in [7, 11) is -3.47. The van der Waals surface area contributed by atoms with Gasteiger partial charge in [0.15, 0.2) is 5.15 Å². The van der Waals surface area contributed by atoms with Crippen LogP contribution >= 0.6 is 11.6 Å². The van der Waals surface area contributed by atoms with Gasteiger partial charge in [-0.1, -0.05) is 22.8 Å². The Morgan fingerprint density at radius 1 is 1.14 bits per heavy atom. The number of hydrogen-bond acceptors (Lipinski definition) is 9. The third kappa shape index (κ3) is 9.98. The Morgan fingerprint density at radius 3 is 2.37 bits per heavy atom. The summed E-state index contributed by atoms with van der Waals surface area (Å²) in [6.45, 7) is 1.75. The maximum absolute atomic E-state index is 12.8. The van der Waals surface area contributed by atoms with E-state index in [1.54, 1.807) is 24.4 Å². The van der Waals surface area contributed by atoms with E-state index in [-0.39, 0.29) is 36.3 Å². The summed E-state index contributed by atoms with van der Waals surface area (Å²) in [5, 5.41) is 18.6. The highest BCUT2D eigenvalue weighted by Gasteiger charge is 2.26. The predicted molar refractivity (Wildman–Crippen MR) is 121 cm³/mol. The molecular formula is C20H25ClN4O9S. The lowest BCUT2D eigenvalue weighted by Gasteiger charge is -2.28. The Kier molecular flexibility index (Phi) is 11.0. The van der Waals surface area contributed by atoms with Crippen molar-refractivity contribution in [3.8, 4) is 0 Å². The number of carboxylic acids is 2. The van der Waals surface area contributed by atoms with Crippen molar-refractivity contribution >= 4 is 39.5 Å². The van der Waals surface area contributed by atoms with Crippen molar-refractivity contribution in [3.63, 3.8) is 0 Å². The number of nitrogens with zero attached hydrogens (tertiary/aromatic N) is 4. The number of carbonyl (C=O) groups excluding carboxylic acids is 1. The molecular weight excluding hydrogens is 508 g/mol. The number of pyridine rings is 1. The van der Waals surface area contributed by atoms with E-state index in [9.17, 15) is 13.2 Å². The van der Waals surface area contributed by atoms with Gasteiger partial charge in [0.1, 0.15) is 5.76 Å². The molecule has 0 aromatic carbocycles. The first-order chi connectivity index (χ1) is 16.6. The number of amides is 1. The van der Waals surface area contributed by atoms with Crippen LogP contribution < -0.4 is 0 Å². The Morgan fingerprint density at radius 2 is 1.83 bits per heavy atom. The summed E-state index contributed by atoms with van der Waals surface area (Å²) < 4.78 is 36.9. The molecule has 1 fully saturated rings. The fraction of sp³-hybridized carbons (Fsp3) is 0.450. The molecule has 35 heavy (non-hydrogen) atoms. The van der Waals surface area contributed by atoms with Crippen molar-refractivity contribution in [2.45, 2.75) is 19.4 Å². The summed E-state index contributed by atoms with van der Waals surface area (Å²) in [4.78, 5) is 36.7. The number of aryl methyl sites for hydroxylation is 1. The van der Waals surface area contributed by atoms with Crippen molar-refractivity contribution in [2.75, 3.05) is 38.6 Å². The first kappa shape index (κ1) is 28.2. The van der Waals surface area contributed by atoms with Crippen LogP contribution in [0.25, 0.3) is 0 Å². The second-order valence-electron chi connectivity index (χ2n) is 7.19. The molecule has 3 heterocycles. The number of rotatable bonds is 9. The van der Waals surface area contributed by atoms with Gasteiger partial charge >= 0.3 is 11.9 Å². The van der Waals surface area contributed by atoms with Gasteiger partial charge in [0, 0.05) is 44.7 Å². The molecule has 2 N–H and O–H groups in total. The summed E-state index contributed by atoms with van der Waals surface area (Å²) >= 11 is 5.73. The van der Waals surface area contributed by atoms with Gasteiger partial charge in [-0.3, -0.25) is 9.78 Å². The van der Waals surface area contributed by atoms with E-state index in [1.807, 2.05) is 6.07 Å². The van der Waals surface area contributed by atoms with Gasteiger partial charge in [-0.2, -0.15) is 4.31 Å². The number of halogens is 1. The molecule has 0 spiro atoms. The zero-order valence-corrected chi connectivity index (χ0v) is 20.2. The summed E-state index contributed by atoms with van der Waals surface area (Å²) in [5.74, 6) is -3.49. The lowest BCUT2D eigenvalue weighted by atomic mass is 10.2. The van der Waals surface area contributed by atoms with Crippen molar-refractivity contribution in [1.29, 1.82) is 0 Å². The largest absolute Gasteiger partial charge is 0.473 e. The van der Waals surface area contributed by atoms with Crippen LogP contribution in [0.1, 0.15) is 17.9 Å². The molecule has 13 nitrogen and oxygen atoms in total. The number of aromatic nitrogens is 2. The van der Waals surface area contributed by atoms with Gasteiger partial charge in [-0.25, -0.2) is 18.0 Å². The molecule has 1 aliphatic rings.